The Morgan fingerprint density at radius 1 is 1.22 bits per heavy atom. The number of methoxy groups -OCH3 is 1. The molecular weight excluding hydrogens is 252 g/mol. The van der Waals surface area contributed by atoms with Crippen LogP contribution in [-0.4, -0.2) is 46.5 Å². The zero-order valence-electron chi connectivity index (χ0n) is 11.0. The molecule has 2 rings (SSSR count). The van der Waals surface area contributed by atoms with E-state index in [0.717, 1.165) is 45.2 Å². The highest BCUT2D eigenvalue weighted by molar-refractivity contribution is 7.89. The van der Waals surface area contributed by atoms with Gasteiger partial charge in [-0.05, 0) is 51.1 Å². The fourth-order valence-corrected chi connectivity index (χ4v) is 4.76. The molecule has 1 aliphatic carbocycles. The summed E-state index contributed by atoms with van der Waals surface area (Å²) in [4.78, 5) is 0. The van der Waals surface area contributed by atoms with Crippen molar-refractivity contribution in [2.24, 2.45) is 5.92 Å². The normalized spacial score (nSPS) is 30.7. The van der Waals surface area contributed by atoms with Crippen LogP contribution >= 0.6 is 0 Å². The van der Waals surface area contributed by atoms with E-state index in [1.165, 1.54) is 0 Å². The van der Waals surface area contributed by atoms with Crippen LogP contribution in [0.25, 0.3) is 0 Å². The Morgan fingerprint density at radius 2 is 1.94 bits per heavy atom. The van der Waals surface area contributed by atoms with Crippen molar-refractivity contribution in [1.82, 2.24) is 10.0 Å². The van der Waals surface area contributed by atoms with Crippen LogP contribution in [0.4, 0.5) is 0 Å². The number of hydrogen-bond acceptors (Lipinski definition) is 4. The van der Waals surface area contributed by atoms with E-state index in [9.17, 15) is 8.42 Å². The van der Waals surface area contributed by atoms with Crippen molar-refractivity contribution >= 4 is 10.0 Å². The van der Waals surface area contributed by atoms with Crippen LogP contribution in [0.2, 0.25) is 0 Å². The molecule has 2 fully saturated rings. The van der Waals surface area contributed by atoms with E-state index in [1.807, 2.05) is 0 Å². The van der Waals surface area contributed by atoms with Crippen molar-refractivity contribution in [2.75, 3.05) is 26.0 Å². The first kappa shape index (κ1) is 14.2. The van der Waals surface area contributed by atoms with E-state index in [0.29, 0.717) is 5.92 Å². The Bertz CT molecular complexity index is 352. The third-order valence-corrected chi connectivity index (χ3v) is 5.57. The monoisotopic (exact) mass is 276 g/mol. The van der Waals surface area contributed by atoms with Crippen molar-refractivity contribution in [3.63, 3.8) is 0 Å². The Hall–Kier alpha value is -0.170. The molecular formula is C12H24N2O3S. The molecule has 0 aromatic carbocycles. The number of piperidine rings is 1. The van der Waals surface area contributed by atoms with Crippen LogP contribution in [0.5, 0.6) is 0 Å². The highest BCUT2D eigenvalue weighted by Gasteiger charge is 2.31. The standard InChI is InChI=1S/C12H24N2O3S/c1-17-12-4-2-3-11(12)14-18(15,16)9-10-5-7-13-8-6-10/h10-14H,2-9H2,1H3. The molecule has 0 aromatic heterocycles. The molecule has 0 amide bonds. The molecule has 1 saturated carbocycles. The van der Waals surface area contributed by atoms with Gasteiger partial charge < -0.3 is 10.1 Å². The molecule has 1 saturated heterocycles. The SMILES string of the molecule is COC1CCCC1NS(=O)(=O)CC1CCNCC1. The molecule has 2 N–H and O–H groups in total. The molecule has 106 valence electrons. The summed E-state index contributed by atoms with van der Waals surface area (Å²) < 4.78 is 32.4. The summed E-state index contributed by atoms with van der Waals surface area (Å²) in [6, 6.07) is -0.0262. The van der Waals surface area contributed by atoms with Gasteiger partial charge in [0.25, 0.3) is 0 Å². The van der Waals surface area contributed by atoms with Crippen molar-refractivity contribution in [3.8, 4) is 0 Å². The van der Waals surface area contributed by atoms with Gasteiger partial charge in [-0.3, -0.25) is 0 Å². The second-order valence-electron chi connectivity index (χ2n) is 5.40. The first-order valence-electron chi connectivity index (χ1n) is 6.84. The fraction of sp³-hybridized carbons (Fsp3) is 1.00. The smallest absolute Gasteiger partial charge is 0.212 e. The van der Waals surface area contributed by atoms with Gasteiger partial charge in [-0.2, -0.15) is 0 Å². The molecule has 18 heavy (non-hydrogen) atoms. The van der Waals surface area contributed by atoms with Gasteiger partial charge in [0, 0.05) is 13.2 Å². The second kappa shape index (κ2) is 6.32. The lowest BCUT2D eigenvalue weighted by molar-refractivity contribution is 0.0916. The van der Waals surface area contributed by atoms with Crippen LogP contribution in [-0.2, 0) is 14.8 Å². The summed E-state index contributed by atoms with van der Waals surface area (Å²) in [7, 11) is -1.51. The van der Waals surface area contributed by atoms with Gasteiger partial charge in [0.2, 0.25) is 10.0 Å². The second-order valence-corrected chi connectivity index (χ2v) is 7.20. The third kappa shape index (κ3) is 3.91. The average molecular weight is 276 g/mol. The van der Waals surface area contributed by atoms with Gasteiger partial charge >= 0.3 is 0 Å². The summed E-state index contributed by atoms with van der Waals surface area (Å²) in [5.74, 6) is 0.563. The lowest BCUT2D eigenvalue weighted by Gasteiger charge is -2.24. The Labute approximate surface area is 110 Å². The zero-order valence-corrected chi connectivity index (χ0v) is 11.8. The summed E-state index contributed by atoms with van der Waals surface area (Å²) >= 11 is 0. The van der Waals surface area contributed by atoms with E-state index >= 15 is 0 Å². The van der Waals surface area contributed by atoms with Gasteiger partial charge in [-0.25, -0.2) is 13.1 Å². The van der Waals surface area contributed by atoms with Gasteiger partial charge in [-0.15, -0.1) is 0 Å². The van der Waals surface area contributed by atoms with E-state index in [2.05, 4.69) is 10.0 Å². The van der Waals surface area contributed by atoms with Gasteiger partial charge in [0.05, 0.1) is 11.9 Å². The molecule has 2 aliphatic rings. The molecule has 1 aliphatic heterocycles. The van der Waals surface area contributed by atoms with Gasteiger partial charge in [-0.1, -0.05) is 0 Å². The van der Waals surface area contributed by atoms with Crippen molar-refractivity contribution < 1.29 is 13.2 Å². The Balaban J connectivity index is 1.86. The Kier molecular flexibility index (Phi) is 5.00. The minimum atomic E-state index is -3.17. The first-order valence-corrected chi connectivity index (χ1v) is 8.49. The van der Waals surface area contributed by atoms with Crippen LogP contribution in [0.3, 0.4) is 0 Å². The summed E-state index contributed by atoms with van der Waals surface area (Å²) in [6.07, 6.45) is 4.85. The fourth-order valence-electron chi connectivity index (χ4n) is 2.98. The lowest BCUT2D eigenvalue weighted by atomic mass is 10.0. The maximum absolute atomic E-state index is 12.1. The predicted molar refractivity (Wildman–Crippen MR) is 71.0 cm³/mol. The molecule has 2 unspecified atom stereocenters. The van der Waals surface area contributed by atoms with Crippen molar-refractivity contribution in [1.29, 1.82) is 0 Å². The summed E-state index contributed by atoms with van der Waals surface area (Å²) in [5.41, 5.74) is 0. The number of hydrogen-bond donors (Lipinski definition) is 2. The van der Waals surface area contributed by atoms with E-state index < -0.39 is 10.0 Å². The van der Waals surface area contributed by atoms with Crippen LogP contribution in [0.15, 0.2) is 0 Å². The molecule has 2 atom stereocenters. The maximum atomic E-state index is 12.1. The summed E-state index contributed by atoms with van der Waals surface area (Å²) in [6.45, 7) is 1.87. The topological polar surface area (TPSA) is 67.4 Å². The molecule has 6 heteroatoms. The summed E-state index contributed by atoms with van der Waals surface area (Å²) in [5, 5.41) is 3.25. The molecule has 0 radical (unpaired) electrons. The zero-order chi connectivity index (χ0) is 13.0. The minimum Gasteiger partial charge on any atom is -0.380 e. The maximum Gasteiger partial charge on any atom is 0.212 e. The predicted octanol–water partition coefficient (Wildman–Crippen LogP) is 0.473. The van der Waals surface area contributed by atoms with Crippen molar-refractivity contribution in [2.45, 2.75) is 44.2 Å². The highest BCUT2D eigenvalue weighted by Crippen LogP contribution is 2.23. The van der Waals surface area contributed by atoms with Crippen LogP contribution in [0, 0.1) is 5.92 Å². The number of sulfonamides is 1. The number of ether oxygens (including phenoxy) is 1. The number of nitrogens with one attached hydrogen (secondary N) is 2. The number of rotatable bonds is 5. The molecule has 0 spiro atoms. The largest absolute Gasteiger partial charge is 0.380 e. The first-order chi connectivity index (χ1) is 8.61. The van der Waals surface area contributed by atoms with Crippen LogP contribution < -0.4 is 10.0 Å². The van der Waals surface area contributed by atoms with Gasteiger partial charge in [0.1, 0.15) is 0 Å². The molecule has 0 bridgehead atoms. The quantitative estimate of drug-likeness (QED) is 0.766. The lowest BCUT2D eigenvalue weighted by Crippen LogP contribution is -2.43. The van der Waals surface area contributed by atoms with E-state index in [1.54, 1.807) is 7.11 Å². The minimum absolute atomic E-state index is 0.0262. The van der Waals surface area contributed by atoms with Gasteiger partial charge in [0.15, 0.2) is 0 Å². The van der Waals surface area contributed by atoms with Crippen molar-refractivity contribution in [3.05, 3.63) is 0 Å². The van der Waals surface area contributed by atoms with E-state index in [-0.39, 0.29) is 17.9 Å². The Morgan fingerprint density at radius 3 is 2.61 bits per heavy atom. The third-order valence-electron chi connectivity index (χ3n) is 4.00. The van der Waals surface area contributed by atoms with Crippen LogP contribution in [0.1, 0.15) is 32.1 Å². The highest BCUT2D eigenvalue weighted by atomic mass is 32.2. The molecule has 0 aromatic rings. The molecule has 1 heterocycles. The molecule has 5 nitrogen and oxygen atoms in total. The average Bonchev–Trinajstić information content (AvgIpc) is 2.76. The van der Waals surface area contributed by atoms with E-state index in [4.69, 9.17) is 4.74 Å².